The first-order chi connectivity index (χ1) is 8.58. The lowest BCUT2D eigenvalue weighted by molar-refractivity contribution is -0.118. The summed E-state index contributed by atoms with van der Waals surface area (Å²) in [5, 5.41) is 15.6. The Morgan fingerprint density at radius 2 is 2.00 bits per heavy atom. The molecule has 1 aromatic carbocycles. The van der Waals surface area contributed by atoms with Crippen LogP contribution in [-0.4, -0.2) is 23.6 Å². The van der Waals surface area contributed by atoms with Gasteiger partial charge in [-0.2, -0.15) is 0 Å². The molecule has 2 rings (SSSR count). The molecule has 98 valence electrons. The van der Waals surface area contributed by atoms with Crippen LogP contribution in [0, 0.1) is 0 Å². The number of hydrogen-bond donors (Lipinski definition) is 3. The van der Waals surface area contributed by atoms with Crippen LogP contribution in [0.4, 0.5) is 5.69 Å². The minimum Gasteiger partial charge on any atom is -0.505 e. The van der Waals surface area contributed by atoms with E-state index in [-0.39, 0.29) is 27.7 Å². The van der Waals surface area contributed by atoms with Gasteiger partial charge in [-0.25, -0.2) is 0 Å². The van der Waals surface area contributed by atoms with Gasteiger partial charge in [-0.1, -0.05) is 29.6 Å². The molecule has 0 radical (unpaired) electrons. The van der Waals surface area contributed by atoms with Crippen LogP contribution in [-0.2, 0) is 4.79 Å². The molecule has 1 atom stereocenters. The van der Waals surface area contributed by atoms with Crippen molar-refractivity contribution < 1.29 is 9.90 Å². The summed E-state index contributed by atoms with van der Waals surface area (Å²) in [5.74, 6) is -0.278. The molecule has 1 amide bonds. The number of anilines is 1. The van der Waals surface area contributed by atoms with Crippen molar-refractivity contribution in [2.75, 3.05) is 11.9 Å². The van der Waals surface area contributed by atoms with Gasteiger partial charge < -0.3 is 15.7 Å². The number of piperidine rings is 1. The molecule has 3 N–H and O–H groups in total. The zero-order valence-corrected chi connectivity index (χ0v) is 11.2. The lowest BCUT2D eigenvalue weighted by atomic mass is 10.0. The van der Waals surface area contributed by atoms with Crippen LogP contribution >= 0.6 is 23.2 Å². The Morgan fingerprint density at radius 3 is 2.56 bits per heavy atom. The molecule has 0 aliphatic carbocycles. The number of carbonyl (C=O) groups is 1. The number of phenolic OH excluding ortho intramolecular Hbond substituents is 1. The lowest BCUT2D eigenvalue weighted by Crippen LogP contribution is -2.43. The summed E-state index contributed by atoms with van der Waals surface area (Å²) in [6, 6.07) is 2.78. The van der Waals surface area contributed by atoms with Gasteiger partial charge in [0.25, 0.3) is 0 Å². The Bertz CT molecular complexity index is 436. The number of hydrogen-bond acceptors (Lipinski definition) is 3. The molecule has 1 aliphatic rings. The summed E-state index contributed by atoms with van der Waals surface area (Å²) in [4.78, 5) is 12.0. The van der Waals surface area contributed by atoms with Gasteiger partial charge in [0.2, 0.25) is 5.91 Å². The maximum atomic E-state index is 12.0. The molecule has 0 aromatic heterocycles. The summed E-state index contributed by atoms with van der Waals surface area (Å²) in [6.45, 7) is 0.856. The fourth-order valence-electron chi connectivity index (χ4n) is 1.94. The summed E-state index contributed by atoms with van der Waals surface area (Å²) >= 11 is 11.6. The number of amides is 1. The molecule has 0 saturated carbocycles. The quantitative estimate of drug-likeness (QED) is 0.734. The molecule has 4 nitrogen and oxygen atoms in total. The highest BCUT2D eigenvalue weighted by atomic mass is 35.5. The molecule has 6 heteroatoms. The van der Waals surface area contributed by atoms with Crippen molar-refractivity contribution in [3.8, 4) is 5.75 Å². The van der Waals surface area contributed by atoms with Gasteiger partial charge in [0, 0.05) is 5.69 Å². The van der Waals surface area contributed by atoms with Crippen molar-refractivity contribution in [1.29, 1.82) is 0 Å². The number of benzene rings is 1. The van der Waals surface area contributed by atoms with Crippen LogP contribution < -0.4 is 10.6 Å². The van der Waals surface area contributed by atoms with E-state index in [2.05, 4.69) is 10.6 Å². The van der Waals surface area contributed by atoms with Crippen LogP contribution in [0.15, 0.2) is 12.1 Å². The first kappa shape index (κ1) is 13.5. The molecule has 1 heterocycles. The van der Waals surface area contributed by atoms with Gasteiger partial charge in [0.1, 0.15) is 0 Å². The van der Waals surface area contributed by atoms with E-state index in [9.17, 15) is 9.90 Å². The van der Waals surface area contributed by atoms with Crippen LogP contribution in [0.5, 0.6) is 5.75 Å². The molecule has 1 aromatic rings. The molecule has 0 bridgehead atoms. The zero-order chi connectivity index (χ0) is 13.1. The molecule has 1 aliphatic heterocycles. The summed E-state index contributed by atoms with van der Waals surface area (Å²) in [7, 11) is 0. The van der Waals surface area contributed by atoms with E-state index in [1.54, 1.807) is 0 Å². The number of nitrogens with one attached hydrogen (secondary N) is 2. The molecular formula is C12H14Cl2N2O2. The smallest absolute Gasteiger partial charge is 0.241 e. The number of halogens is 2. The van der Waals surface area contributed by atoms with E-state index in [1.165, 1.54) is 12.1 Å². The van der Waals surface area contributed by atoms with Gasteiger partial charge >= 0.3 is 0 Å². The van der Waals surface area contributed by atoms with Crippen LogP contribution in [0.2, 0.25) is 10.0 Å². The van der Waals surface area contributed by atoms with Gasteiger partial charge in [0.15, 0.2) is 5.75 Å². The van der Waals surface area contributed by atoms with Gasteiger partial charge in [0.05, 0.1) is 16.1 Å². The standard InChI is InChI=1S/C12H14Cl2N2O2/c13-8-5-7(6-9(14)11(8)17)16-12(18)10-3-1-2-4-15-10/h5-6,10,15,17H,1-4H2,(H,16,18)/t10-/m1/s1. The van der Waals surface area contributed by atoms with Crippen molar-refractivity contribution in [2.24, 2.45) is 0 Å². The number of phenols is 1. The third kappa shape index (κ3) is 3.07. The number of rotatable bonds is 2. The molecule has 0 unspecified atom stereocenters. The largest absolute Gasteiger partial charge is 0.505 e. The highest BCUT2D eigenvalue weighted by Gasteiger charge is 2.20. The molecule has 1 saturated heterocycles. The minimum absolute atomic E-state index is 0.104. The summed E-state index contributed by atoms with van der Waals surface area (Å²) in [6.07, 6.45) is 2.97. The monoisotopic (exact) mass is 288 g/mol. The average molecular weight is 289 g/mol. The Labute approximate surface area is 115 Å². The first-order valence-electron chi connectivity index (χ1n) is 5.80. The van der Waals surface area contributed by atoms with Crippen molar-refractivity contribution >= 4 is 34.8 Å². The molecular weight excluding hydrogens is 275 g/mol. The van der Waals surface area contributed by atoms with Gasteiger partial charge in [-0.3, -0.25) is 4.79 Å². The maximum absolute atomic E-state index is 12.0. The normalized spacial score (nSPS) is 19.6. The van der Waals surface area contributed by atoms with Crippen LogP contribution in [0.1, 0.15) is 19.3 Å². The second-order valence-corrected chi connectivity index (χ2v) is 5.09. The third-order valence-electron chi connectivity index (χ3n) is 2.91. The number of aromatic hydroxyl groups is 1. The van der Waals surface area contributed by atoms with E-state index in [4.69, 9.17) is 23.2 Å². The van der Waals surface area contributed by atoms with E-state index in [0.29, 0.717) is 5.69 Å². The lowest BCUT2D eigenvalue weighted by Gasteiger charge is -2.22. The van der Waals surface area contributed by atoms with Gasteiger partial charge in [-0.05, 0) is 31.5 Å². The Morgan fingerprint density at radius 1 is 1.33 bits per heavy atom. The highest BCUT2D eigenvalue weighted by Crippen LogP contribution is 2.34. The fraction of sp³-hybridized carbons (Fsp3) is 0.417. The van der Waals surface area contributed by atoms with Crippen molar-refractivity contribution in [3.63, 3.8) is 0 Å². The second kappa shape index (κ2) is 5.78. The van der Waals surface area contributed by atoms with E-state index in [1.807, 2.05) is 0 Å². The van der Waals surface area contributed by atoms with E-state index >= 15 is 0 Å². The van der Waals surface area contributed by atoms with Crippen molar-refractivity contribution in [3.05, 3.63) is 22.2 Å². The summed E-state index contributed by atoms with van der Waals surface area (Å²) < 4.78 is 0. The number of carbonyl (C=O) groups excluding carboxylic acids is 1. The zero-order valence-electron chi connectivity index (χ0n) is 9.67. The van der Waals surface area contributed by atoms with Gasteiger partial charge in [-0.15, -0.1) is 0 Å². The summed E-state index contributed by atoms with van der Waals surface area (Å²) in [5.41, 5.74) is 0.486. The predicted molar refractivity (Wildman–Crippen MR) is 72.4 cm³/mol. The Balaban J connectivity index is 2.06. The van der Waals surface area contributed by atoms with Crippen LogP contribution in [0.3, 0.4) is 0 Å². The topological polar surface area (TPSA) is 61.4 Å². The first-order valence-corrected chi connectivity index (χ1v) is 6.56. The molecule has 18 heavy (non-hydrogen) atoms. The highest BCUT2D eigenvalue weighted by molar-refractivity contribution is 6.37. The third-order valence-corrected chi connectivity index (χ3v) is 3.49. The predicted octanol–water partition coefficient (Wildman–Crippen LogP) is 2.78. The SMILES string of the molecule is O=C(Nc1cc(Cl)c(O)c(Cl)c1)[C@H]1CCCCN1. The van der Waals surface area contributed by atoms with E-state index in [0.717, 1.165) is 25.8 Å². The van der Waals surface area contributed by atoms with Crippen LogP contribution in [0.25, 0.3) is 0 Å². The maximum Gasteiger partial charge on any atom is 0.241 e. The van der Waals surface area contributed by atoms with Crippen molar-refractivity contribution in [1.82, 2.24) is 5.32 Å². The fourth-order valence-corrected chi connectivity index (χ4v) is 2.43. The average Bonchev–Trinajstić information content (AvgIpc) is 2.37. The van der Waals surface area contributed by atoms with Crippen molar-refractivity contribution in [2.45, 2.75) is 25.3 Å². The molecule has 0 spiro atoms. The Hall–Kier alpha value is -0.970. The molecule has 1 fully saturated rings. The Kier molecular flexibility index (Phi) is 4.32. The second-order valence-electron chi connectivity index (χ2n) is 4.28. The minimum atomic E-state index is -0.176. The van der Waals surface area contributed by atoms with E-state index < -0.39 is 0 Å².